The van der Waals surface area contributed by atoms with E-state index in [0.717, 1.165) is 43.6 Å². The van der Waals surface area contributed by atoms with Gasteiger partial charge < -0.3 is 19.3 Å². The van der Waals surface area contributed by atoms with Crippen LogP contribution in [-0.2, 0) is 16.0 Å². The van der Waals surface area contributed by atoms with Crippen LogP contribution < -0.4 is 10.1 Å². The standard InChI is InChI=1S/C31H36N3O4/c1-3-22-8-7-11-26(18-22)33-30(25-12-13-29(37-2)32-19-25)31(36)38-28-21-34(16-14-24(28)15-17-34)20-27(35)23-9-5-4-6-10-23/h4-13,18-19,24,28,30,33H,3,14-17,20-21H2,1-2H3/q+1/t24?,28-,30?,34?/m0/s1. The van der Waals surface area contributed by atoms with Crippen LogP contribution in [0.5, 0.6) is 5.88 Å². The van der Waals surface area contributed by atoms with E-state index in [1.165, 1.54) is 5.56 Å². The fourth-order valence-corrected chi connectivity index (χ4v) is 5.82. The zero-order valence-corrected chi connectivity index (χ0v) is 22.1. The monoisotopic (exact) mass is 514 g/mol. The molecule has 2 bridgehead atoms. The van der Waals surface area contributed by atoms with Crippen LogP contribution in [0.2, 0.25) is 0 Å². The van der Waals surface area contributed by atoms with Crippen molar-refractivity contribution in [1.82, 2.24) is 4.98 Å². The average molecular weight is 515 g/mol. The van der Waals surface area contributed by atoms with Crippen molar-refractivity contribution >= 4 is 17.4 Å². The third-order valence-electron chi connectivity index (χ3n) is 8.07. The lowest BCUT2D eigenvalue weighted by molar-refractivity contribution is -0.938. The number of hydrogen-bond donors (Lipinski definition) is 1. The number of nitrogens with zero attached hydrogens (tertiary/aromatic N) is 2. The molecule has 2 atom stereocenters. The van der Waals surface area contributed by atoms with Crippen LogP contribution in [0.15, 0.2) is 72.9 Å². The molecule has 3 fully saturated rings. The van der Waals surface area contributed by atoms with Gasteiger partial charge in [0.1, 0.15) is 13.1 Å². The van der Waals surface area contributed by atoms with Gasteiger partial charge in [0.2, 0.25) is 11.7 Å². The second-order valence-corrected chi connectivity index (χ2v) is 10.5. The number of quaternary nitrogens is 1. The summed E-state index contributed by atoms with van der Waals surface area (Å²) in [5.41, 5.74) is 3.49. The number of hydrogen-bond acceptors (Lipinski definition) is 6. The molecule has 1 aromatic heterocycles. The summed E-state index contributed by atoms with van der Waals surface area (Å²) in [6.07, 6.45) is 4.26. The van der Waals surface area contributed by atoms with E-state index in [1.807, 2.05) is 48.5 Å². The first-order valence-corrected chi connectivity index (χ1v) is 13.5. The summed E-state index contributed by atoms with van der Waals surface area (Å²) in [7, 11) is 1.57. The second-order valence-electron chi connectivity index (χ2n) is 10.5. The molecule has 0 aliphatic carbocycles. The Morgan fingerprint density at radius 3 is 2.53 bits per heavy atom. The van der Waals surface area contributed by atoms with Crippen LogP contribution in [0, 0.1) is 5.92 Å². The Bertz CT molecular complexity index is 1250. The van der Waals surface area contributed by atoms with Crippen molar-refractivity contribution in [3.05, 3.63) is 89.6 Å². The smallest absolute Gasteiger partial charge is 0.333 e. The van der Waals surface area contributed by atoms with Crippen molar-refractivity contribution in [3.8, 4) is 5.88 Å². The zero-order chi connectivity index (χ0) is 26.5. The first-order chi connectivity index (χ1) is 18.5. The minimum Gasteiger partial charge on any atom is -0.481 e. The van der Waals surface area contributed by atoms with Crippen LogP contribution in [0.25, 0.3) is 0 Å². The maximum absolute atomic E-state index is 13.7. The van der Waals surface area contributed by atoms with Crippen LogP contribution in [-0.4, -0.2) is 60.6 Å². The van der Waals surface area contributed by atoms with Gasteiger partial charge in [-0.15, -0.1) is 0 Å². The Balaban J connectivity index is 1.34. The number of piperidine rings is 3. The first-order valence-electron chi connectivity index (χ1n) is 13.5. The van der Waals surface area contributed by atoms with Gasteiger partial charge in [0.05, 0.1) is 20.2 Å². The molecule has 3 saturated heterocycles. The van der Waals surface area contributed by atoms with Crippen molar-refractivity contribution < 1.29 is 23.5 Å². The number of methoxy groups -OCH3 is 1. The van der Waals surface area contributed by atoms with Crippen molar-refractivity contribution in [3.63, 3.8) is 0 Å². The number of anilines is 1. The molecule has 7 heteroatoms. The summed E-state index contributed by atoms with van der Waals surface area (Å²) in [6, 6.07) is 20.4. The van der Waals surface area contributed by atoms with Gasteiger partial charge in [-0.25, -0.2) is 9.78 Å². The van der Waals surface area contributed by atoms with Gasteiger partial charge in [-0.3, -0.25) is 4.79 Å². The fraction of sp³-hybridized carbons (Fsp3) is 0.387. The molecule has 0 spiro atoms. The molecule has 38 heavy (non-hydrogen) atoms. The number of rotatable bonds is 10. The van der Waals surface area contributed by atoms with Gasteiger partial charge in [-0.2, -0.15) is 0 Å². The van der Waals surface area contributed by atoms with E-state index in [1.54, 1.807) is 19.4 Å². The number of aryl methyl sites for hydroxylation is 1. The highest BCUT2D eigenvalue weighted by atomic mass is 16.5. The SMILES string of the molecule is CCc1cccc(NC(C(=O)O[C@H]2C[N+]3(CC(=O)c4ccccc4)CCC2CC3)c2ccc(OC)nc2)c1. The molecule has 3 aliphatic rings. The molecule has 6 rings (SSSR count). The molecule has 0 saturated carbocycles. The summed E-state index contributed by atoms with van der Waals surface area (Å²) in [5, 5.41) is 3.39. The fourth-order valence-electron chi connectivity index (χ4n) is 5.82. The molecule has 7 nitrogen and oxygen atoms in total. The summed E-state index contributed by atoms with van der Waals surface area (Å²) in [6.45, 7) is 5.12. The van der Waals surface area contributed by atoms with E-state index in [-0.39, 0.29) is 17.9 Å². The topological polar surface area (TPSA) is 77.5 Å². The van der Waals surface area contributed by atoms with Gasteiger partial charge in [-0.1, -0.05) is 49.4 Å². The predicted molar refractivity (Wildman–Crippen MR) is 146 cm³/mol. The number of fused-ring (bicyclic) bond motifs is 3. The second kappa shape index (κ2) is 11.4. The van der Waals surface area contributed by atoms with Crippen molar-refractivity contribution in [2.45, 2.75) is 38.3 Å². The molecule has 198 valence electrons. The Labute approximate surface area is 224 Å². The maximum Gasteiger partial charge on any atom is 0.333 e. The molecule has 0 amide bonds. The molecule has 1 unspecified atom stereocenters. The summed E-state index contributed by atoms with van der Waals surface area (Å²) in [5.74, 6) is 0.630. The molecule has 3 aromatic rings. The summed E-state index contributed by atoms with van der Waals surface area (Å²) in [4.78, 5) is 31.1. The van der Waals surface area contributed by atoms with Crippen molar-refractivity contribution in [2.75, 3.05) is 38.6 Å². The lowest BCUT2D eigenvalue weighted by Crippen LogP contribution is -2.65. The molecule has 1 N–H and O–H groups in total. The Kier molecular flexibility index (Phi) is 7.74. The lowest BCUT2D eigenvalue weighted by Gasteiger charge is -2.51. The largest absolute Gasteiger partial charge is 0.481 e. The van der Waals surface area contributed by atoms with Gasteiger partial charge in [-0.05, 0) is 30.2 Å². The highest BCUT2D eigenvalue weighted by Crippen LogP contribution is 2.37. The van der Waals surface area contributed by atoms with Gasteiger partial charge in [0, 0.05) is 47.8 Å². The van der Waals surface area contributed by atoms with E-state index in [9.17, 15) is 9.59 Å². The molecule has 0 radical (unpaired) electrons. The molecule has 4 heterocycles. The average Bonchev–Trinajstić information content (AvgIpc) is 2.97. The Morgan fingerprint density at radius 1 is 1.05 bits per heavy atom. The van der Waals surface area contributed by atoms with Crippen LogP contribution in [0.1, 0.15) is 47.3 Å². The number of carbonyl (C=O) groups is 2. The minimum atomic E-state index is -0.713. The number of pyridine rings is 1. The minimum absolute atomic E-state index is 0.149. The van der Waals surface area contributed by atoms with Crippen molar-refractivity contribution in [1.29, 1.82) is 0 Å². The lowest BCUT2D eigenvalue weighted by atomic mass is 9.82. The quantitative estimate of drug-likeness (QED) is 0.237. The third kappa shape index (κ3) is 5.73. The number of Topliss-reactive ketones (excluding diaryl/α,β-unsaturated/α-hetero) is 1. The molecule has 2 aromatic carbocycles. The summed E-state index contributed by atoms with van der Waals surface area (Å²) >= 11 is 0. The first kappa shape index (κ1) is 25.9. The van der Waals surface area contributed by atoms with Crippen LogP contribution in [0.4, 0.5) is 5.69 Å². The Hall–Kier alpha value is -3.71. The molecule has 3 aliphatic heterocycles. The van der Waals surface area contributed by atoms with E-state index >= 15 is 0 Å². The number of ether oxygens (including phenoxy) is 2. The van der Waals surface area contributed by atoms with E-state index in [4.69, 9.17) is 9.47 Å². The highest BCUT2D eigenvalue weighted by molar-refractivity contribution is 5.97. The normalized spacial score (nSPS) is 22.9. The number of esters is 1. The Morgan fingerprint density at radius 2 is 1.84 bits per heavy atom. The van der Waals surface area contributed by atoms with Gasteiger partial charge in [0.25, 0.3) is 0 Å². The van der Waals surface area contributed by atoms with E-state index in [2.05, 4.69) is 29.4 Å². The zero-order valence-electron chi connectivity index (χ0n) is 22.1. The van der Waals surface area contributed by atoms with Gasteiger partial charge >= 0.3 is 5.97 Å². The van der Waals surface area contributed by atoms with Crippen LogP contribution >= 0.6 is 0 Å². The number of benzene rings is 2. The number of ketones is 1. The third-order valence-corrected chi connectivity index (χ3v) is 8.07. The number of nitrogens with one attached hydrogen (secondary N) is 1. The van der Waals surface area contributed by atoms with Gasteiger partial charge in [0.15, 0.2) is 12.1 Å². The maximum atomic E-state index is 13.7. The van der Waals surface area contributed by atoms with E-state index < -0.39 is 6.04 Å². The number of carbonyl (C=O) groups excluding carboxylic acids is 2. The van der Waals surface area contributed by atoms with Crippen molar-refractivity contribution in [2.24, 2.45) is 5.92 Å². The highest BCUT2D eigenvalue weighted by Gasteiger charge is 2.49. The summed E-state index contributed by atoms with van der Waals surface area (Å²) < 4.78 is 12.1. The van der Waals surface area contributed by atoms with Crippen LogP contribution in [0.3, 0.4) is 0 Å². The number of aromatic nitrogens is 1. The predicted octanol–water partition coefficient (Wildman–Crippen LogP) is 4.84. The molecular weight excluding hydrogens is 478 g/mol. The molecular formula is C31H36N3O4+. The van der Waals surface area contributed by atoms with E-state index in [0.29, 0.717) is 34.9 Å².